The third-order valence-electron chi connectivity index (χ3n) is 3.15. The van der Waals surface area contributed by atoms with Crippen molar-refractivity contribution >= 4 is 23.2 Å². The van der Waals surface area contributed by atoms with Gasteiger partial charge < -0.3 is 10.1 Å². The summed E-state index contributed by atoms with van der Waals surface area (Å²) in [6, 6.07) is 12.7. The Hall–Kier alpha value is -1.25. The van der Waals surface area contributed by atoms with Gasteiger partial charge in [-0.2, -0.15) is 0 Å². The Labute approximate surface area is 127 Å². The van der Waals surface area contributed by atoms with Gasteiger partial charge in [0.05, 0.1) is 6.61 Å². The fraction of sp³-hybridized carbons (Fsp3) is 0.412. The molecule has 0 spiro atoms. The summed E-state index contributed by atoms with van der Waals surface area (Å²) in [5.41, 5.74) is 1.26. The van der Waals surface area contributed by atoms with E-state index < -0.39 is 0 Å². The molecule has 0 aliphatic rings. The molecule has 0 fully saturated rings. The van der Waals surface area contributed by atoms with Gasteiger partial charge in [0.1, 0.15) is 5.75 Å². The van der Waals surface area contributed by atoms with E-state index in [2.05, 4.69) is 55.6 Å². The summed E-state index contributed by atoms with van der Waals surface area (Å²) < 4.78 is 5.76. The van der Waals surface area contributed by atoms with Crippen LogP contribution in [0.15, 0.2) is 36.4 Å². The van der Waals surface area contributed by atoms with Crippen LogP contribution in [0.1, 0.15) is 26.3 Å². The lowest BCUT2D eigenvalue weighted by Crippen LogP contribution is -2.19. The van der Waals surface area contributed by atoms with Crippen molar-refractivity contribution < 1.29 is 4.74 Å². The number of hydrogen-bond acceptors (Lipinski definition) is 2. The highest BCUT2D eigenvalue weighted by Crippen LogP contribution is 2.28. The molecule has 2 rings (SSSR count). The zero-order valence-electron chi connectivity index (χ0n) is 12.5. The van der Waals surface area contributed by atoms with Crippen LogP contribution in [0.4, 0.5) is 0 Å². The minimum Gasteiger partial charge on any atom is -0.494 e. The molecule has 1 N–H and O–H groups in total. The summed E-state index contributed by atoms with van der Waals surface area (Å²) in [4.78, 5) is 0. The minimum atomic E-state index is 0. The van der Waals surface area contributed by atoms with E-state index in [1.807, 2.05) is 6.92 Å². The molecular weight excluding hydrogens is 270 g/mol. The van der Waals surface area contributed by atoms with Crippen LogP contribution in [0, 0.1) is 5.92 Å². The lowest BCUT2D eigenvalue weighted by molar-refractivity contribution is 0.336. The zero-order chi connectivity index (χ0) is 13.7. The summed E-state index contributed by atoms with van der Waals surface area (Å²) in [5, 5.41) is 6.06. The SMILES string of the molecule is CCOc1ccc2ccccc2c1CNCC(C)C.Cl. The van der Waals surface area contributed by atoms with Gasteiger partial charge in [0.15, 0.2) is 0 Å². The molecule has 0 aliphatic carbocycles. The fourth-order valence-electron chi connectivity index (χ4n) is 2.27. The second-order valence-corrected chi connectivity index (χ2v) is 5.22. The molecule has 0 aromatic heterocycles. The van der Waals surface area contributed by atoms with E-state index in [0.29, 0.717) is 12.5 Å². The molecule has 0 bridgehead atoms. The summed E-state index contributed by atoms with van der Waals surface area (Å²) in [5.74, 6) is 1.66. The first-order valence-electron chi connectivity index (χ1n) is 7.06. The van der Waals surface area contributed by atoms with Crippen molar-refractivity contribution in [2.75, 3.05) is 13.2 Å². The van der Waals surface area contributed by atoms with E-state index >= 15 is 0 Å². The van der Waals surface area contributed by atoms with Crippen molar-refractivity contribution in [1.82, 2.24) is 5.32 Å². The summed E-state index contributed by atoms with van der Waals surface area (Å²) >= 11 is 0. The number of nitrogens with one attached hydrogen (secondary N) is 1. The third-order valence-corrected chi connectivity index (χ3v) is 3.15. The summed E-state index contributed by atoms with van der Waals surface area (Å²) in [6.07, 6.45) is 0. The molecule has 0 atom stereocenters. The van der Waals surface area contributed by atoms with Crippen molar-refractivity contribution in [2.24, 2.45) is 5.92 Å². The average molecular weight is 294 g/mol. The maximum Gasteiger partial charge on any atom is 0.124 e. The quantitative estimate of drug-likeness (QED) is 0.852. The Morgan fingerprint density at radius 2 is 1.85 bits per heavy atom. The molecule has 0 saturated heterocycles. The maximum atomic E-state index is 5.76. The van der Waals surface area contributed by atoms with E-state index in [-0.39, 0.29) is 12.4 Å². The molecule has 0 heterocycles. The monoisotopic (exact) mass is 293 g/mol. The highest BCUT2D eigenvalue weighted by atomic mass is 35.5. The van der Waals surface area contributed by atoms with Gasteiger partial charge in [-0.05, 0) is 36.2 Å². The molecule has 110 valence electrons. The van der Waals surface area contributed by atoms with Crippen LogP contribution in [0.25, 0.3) is 10.8 Å². The largest absolute Gasteiger partial charge is 0.494 e. The van der Waals surface area contributed by atoms with E-state index in [1.54, 1.807) is 0 Å². The lowest BCUT2D eigenvalue weighted by Gasteiger charge is -2.15. The van der Waals surface area contributed by atoms with E-state index in [1.165, 1.54) is 16.3 Å². The molecule has 2 aromatic rings. The first-order valence-corrected chi connectivity index (χ1v) is 7.06. The van der Waals surface area contributed by atoms with Crippen molar-refractivity contribution in [3.8, 4) is 5.75 Å². The van der Waals surface area contributed by atoms with Gasteiger partial charge in [-0.15, -0.1) is 12.4 Å². The molecule has 0 aliphatic heterocycles. The predicted octanol–water partition coefficient (Wildman–Crippen LogP) is 4.41. The van der Waals surface area contributed by atoms with Crippen LogP contribution in [0.5, 0.6) is 5.75 Å². The number of benzene rings is 2. The lowest BCUT2D eigenvalue weighted by atomic mass is 10.0. The van der Waals surface area contributed by atoms with Crippen LogP contribution in [-0.2, 0) is 6.54 Å². The molecule has 0 radical (unpaired) electrons. The Morgan fingerprint density at radius 3 is 2.55 bits per heavy atom. The van der Waals surface area contributed by atoms with E-state index in [4.69, 9.17) is 4.74 Å². The maximum absolute atomic E-state index is 5.76. The Morgan fingerprint density at radius 1 is 1.10 bits per heavy atom. The molecule has 0 amide bonds. The Kier molecular flexibility index (Phi) is 6.83. The molecule has 0 saturated carbocycles. The zero-order valence-corrected chi connectivity index (χ0v) is 13.3. The van der Waals surface area contributed by atoms with Crippen LogP contribution >= 0.6 is 12.4 Å². The topological polar surface area (TPSA) is 21.3 Å². The Bertz CT molecular complexity index is 540. The molecule has 0 unspecified atom stereocenters. The Balaban J connectivity index is 0.00000200. The summed E-state index contributed by atoms with van der Waals surface area (Å²) in [7, 11) is 0. The van der Waals surface area contributed by atoms with Crippen molar-refractivity contribution in [2.45, 2.75) is 27.3 Å². The molecule has 3 heteroatoms. The first kappa shape index (κ1) is 16.8. The number of hydrogen-bond donors (Lipinski definition) is 1. The average Bonchev–Trinajstić information content (AvgIpc) is 2.40. The molecule has 20 heavy (non-hydrogen) atoms. The number of ether oxygens (including phenoxy) is 1. The van der Waals surface area contributed by atoms with Crippen LogP contribution < -0.4 is 10.1 Å². The second kappa shape index (κ2) is 8.13. The van der Waals surface area contributed by atoms with Crippen molar-refractivity contribution in [1.29, 1.82) is 0 Å². The van der Waals surface area contributed by atoms with E-state index in [9.17, 15) is 0 Å². The highest BCUT2D eigenvalue weighted by molar-refractivity contribution is 5.87. The molecule has 2 nitrogen and oxygen atoms in total. The van der Waals surface area contributed by atoms with Gasteiger partial charge in [-0.3, -0.25) is 0 Å². The number of fused-ring (bicyclic) bond motifs is 1. The minimum absolute atomic E-state index is 0. The van der Waals surface area contributed by atoms with Gasteiger partial charge in [0.2, 0.25) is 0 Å². The highest BCUT2D eigenvalue weighted by Gasteiger charge is 2.08. The smallest absolute Gasteiger partial charge is 0.124 e. The second-order valence-electron chi connectivity index (χ2n) is 5.22. The van der Waals surface area contributed by atoms with Crippen LogP contribution in [0.3, 0.4) is 0 Å². The van der Waals surface area contributed by atoms with Gasteiger partial charge in [-0.1, -0.05) is 44.2 Å². The normalized spacial score (nSPS) is 10.6. The predicted molar refractivity (Wildman–Crippen MR) is 88.9 cm³/mol. The number of rotatable bonds is 6. The fourth-order valence-corrected chi connectivity index (χ4v) is 2.27. The van der Waals surface area contributed by atoms with Gasteiger partial charge >= 0.3 is 0 Å². The molecular formula is C17H24ClNO. The van der Waals surface area contributed by atoms with Gasteiger partial charge in [0.25, 0.3) is 0 Å². The first-order chi connectivity index (χ1) is 9.22. The standard InChI is InChI=1S/C17H23NO.ClH/c1-4-19-17-10-9-14-7-5-6-8-15(14)16(17)12-18-11-13(2)3;/h5-10,13,18H,4,11-12H2,1-3H3;1H. The van der Waals surface area contributed by atoms with Crippen LogP contribution in [-0.4, -0.2) is 13.2 Å². The van der Waals surface area contributed by atoms with Crippen LogP contribution in [0.2, 0.25) is 0 Å². The summed E-state index contributed by atoms with van der Waals surface area (Å²) in [6.45, 7) is 9.05. The van der Waals surface area contributed by atoms with E-state index in [0.717, 1.165) is 18.8 Å². The third kappa shape index (κ3) is 4.12. The number of halogens is 1. The van der Waals surface area contributed by atoms with Gasteiger partial charge in [-0.25, -0.2) is 0 Å². The van der Waals surface area contributed by atoms with Crippen molar-refractivity contribution in [3.05, 3.63) is 42.0 Å². The van der Waals surface area contributed by atoms with Gasteiger partial charge in [0, 0.05) is 12.1 Å². The molecule has 2 aromatic carbocycles. The van der Waals surface area contributed by atoms with Crippen molar-refractivity contribution in [3.63, 3.8) is 0 Å².